The zero-order chi connectivity index (χ0) is 20.6. The van der Waals surface area contributed by atoms with Gasteiger partial charge in [0.1, 0.15) is 0 Å². The van der Waals surface area contributed by atoms with Crippen molar-refractivity contribution in [2.45, 2.75) is 46.0 Å². The van der Waals surface area contributed by atoms with Gasteiger partial charge in [-0.25, -0.2) is 0 Å². The first-order chi connectivity index (χ1) is 14.1. The summed E-state index contributed by atoms with van der Waals surface area (Å²) in [6, 6.07) is 23.6. The molecule has 0 amide bonds. The Morgan fingerprint density at radius 2 is 1.59 bits per heavy atom. The second kappa shape index (κ2) is 9.92. The lowest BCUT2D eigenvalue weighted by atomic mass is 10.1. The molecule has 0 saturated carbocycles. The number of carbonyl (C=O) groups is 1. The van der Waals surface area contributed by atoms with E-state index in [1.807, 2.05) is 0 Å². The topological polar surface area (TPSA) is 42.2 Å². The Balaban J connectivity index is 1.83. The first kappa shape index (κ1) is 20.7. The van der Waals surface area contributed by atoms with E-state index in [2.05, 4.69) is 91.2 Å². The van der Waals surface area contributed by atoms with Crippen LogP contribution in [0, 0.1) is 0 Å². The summed E-state index contributed by atoms with van der Waals surface area (Å²) in [4.78, 5) is 10.7. The van der Waals surface area contributed by atoms with E-state index in [1.165, 1.54) is 28.1 Å². The smallest absolute Gasteiger partial charge is 0.303 e. The van der Waals surface area contributed by atoms with Gasteiger partial charge in [-0.05, 0) is 80.5 Å². The molecular formula is C26H29NO2. The van der Waals surface area contributed by atoms with Crippen molar-refractivity contribution in [1.82, 2.24) is 4.57 Å². The Hall–Kier alpha value is -3.07. The number of nitrogens with zero attached hydrogens (tertiary/aromatic N) is 1. The van der Waals surface area contributed by atoms with E-state index < -0.39 is 5.97 Å². The minimum absolute atomic E-state index is 0.216. The molecule has 0 unspecified atom stereocenters. The Bertz CT molecular complexity index is 966. The lowest BCUT2D eigenvalue weighted by Gasteiger charge is -2.15. The number of benzene rings is 2. The molecule has 1 N–H and O–H groups in total. The third kappa shape index (κ3) is 5.47. The fraction of sp³-hybridized carbons (Fsp3) is 0.269. The van der Waals surface area contributed by atoms with Crippen molar-refractivity contribution in [3.8, 4) is 5.69 Å². The summed E-state index contributed by atoms with van der Waals surface area (Å²) in [7, 11) is 0. The molecule has 0 fully saturated rings. The number of aromatic nitrogens is 1. The largest absolute Gasteiger partial charge is 0.481 e. The van der Waals surface area contributed by atoms with Crippen molar-refractivity contribution in [3.63, 3.8) is 0 Å². The highest BCUT2D eigenvalue weighted by Crippen LogP contribution is 2.25. The third-order valence-electron chi connectivity index (χ3n) is 5.36. The molecule has 0 bridgehead atoms. The summed E-state index contributed by atoms with van der Waals surface area (Å²) in [5.74, 6) is -0.733. The highest BCUT2D eigenvalue weighted by Gasteiger charge is 2.12. The number of hydrogen-bond acceptors (Lipinski definition) is 1. The van der Waals surface area contributed by atoms with Gasteiger partial charge in [-0.2, -0.15) is 0 Å². The molecule has 0 aliphatic carbocycles. The molecule has 1 heterocycles. The summed E-state index contributed by atoms with van der Waals surface area (Å²) >= 11 is 0. The number of carboxylic acid groups (broad SMARTS) is 1. The molecule has 1 aromatic heterocycles. The van der Waals surface area contributed by atoms with Gasteiger partial charge >= 0.3 is 5.97 Å². The summed E-state index contributed by atoms with van der Waals surface area (Å²) in [6.07, 6.45) is 5.80. The van der Waals surface area contributed by atoms with Gasteiger partial charge in [-0.3, -0.25) is 4.79 Å². The number of carboxylic acids is 1. The summed E-state index contributed by atoms with van der Waals surface area (Å²) in [5, 5.41) is 8.82. The van der Waals surface area contributed by atoms with Crippen LogP contribution >= 0.6 is 0 Å². The molecule has 3 rings (SSSR count). The first-order valence-electron chi connectivity index (χ1n) is 10.3. The molecule has 3 nitrogen and oxygen atoms in total. The molecule has 0 radical (unpaired) electrons. The van der Waals surface area contributed by atoms with Crippen LogP contribution in [-0.4, -0.2) is 15.6 Å². The molecule has 150 valence electrons. The Kier molecular flexibility index (Phi) is 7.07. The zero-order valence-corrected chi connectivity index (χ0v) is 17.3. The molecule has 0 aliphatic heterocycles. The van der Waals surface area contributed by atoms with Crippen LogP contribution in [0.25, 0.3) is 11.3 Å². The van der Waals surface area contributed by atoms with E-state index >= 15 is 0 Å². The van der Waals surface area contributed by atoms with Gasteiger partial charge in [0.05, 0.1) is 0 Å². The lowest BCUT2D eigenvalue weighted by Crippen LogP contribution is -2.05. The predicted molar refractivity (Wildman–Crippen MR) is 120 cm³/mol. The Morgan fingerprint density at radius 1 is 0.897 bits per heavy atom. The number of aliphatic carboxylic acids is 1. The van der Waals surface area contributed by atoms with Crippen LogP contribution in [0.5, 0.6) is 0 Å². The van der Waals surface area contributed by atoms with Gasteiger partial charge in [0.25, 0.3) is 0 Å². The van der Waals surface area contributed by atoms with Crippen molar-refractivity contribution in [2.24, 2.45) is 0 Å². The maximum atomic E-state index is 10.7. The van der Waals surface area contributed by atoms with Crippen molar-refractivity contribution >= 4 is 11.5 Å². The van der Waals surface area contributed by atoms with Crippen molar-refractivity contribution < 1.29 is 9.90 Å². The normalized spacial score (nSPS) is 11.6. The number of aryl methyl sites for hydroxylation is 3. The molecule has 0 spiro atoms. The van der Waals surface area contributed by atoms with Crippen LogP contribution in [0.1, 0.15) is 49.2 Å². The average Bonchev–Trinajstić information content (AvgIpc) is 3.16. The fourth-order valence-electron chi connectivity index (χ4n) is 3.61. The third-order valence-corrected chi connectivity index (χ3v) is 5.36. The number of allylic oxidation sites excluding steroid dienone is 2. The van der Waals surface area contributed by atoms with Crippen LogP contribution in [0.15, 0.2) is 72.8 Å². The molecule has 29 heavy (non-hydrogen) atoms. The van der Waals surface area contributed by atoms with Crippen molar-refractivity contribution in [1.29, 1.82) is 0 Å². The molecule has 0 atom stereocenters. The van der Waals surface area contributed by atoms with Crippen LogP contribution < -0.4 is 0 Å². The second-order valence-corrected chi connectivity index (χ2v) is 7.42. The van der Waals surface area contributed by atoms with Crippen LogP contribution in [0.4, 0.5) is 0 Å². The van der Waals surface area contributed by atoms with Crippen LogP contribution in [0.3, 0.4) is 0 Å². The molecular weight excluding hydrogens is 358 g/mol. The van der Waals surface area contributed by atoms with Crippen molar-refractivity contribution in [2.75, 3.05) is 0 Å². The highest BCUT2D eigenvalue weighted by atomic mass is 16.4. The molecule has 0 saturated heterocycles. The SMILES string of the molecule is C/C=C(\C)c1ccc(CCc2ccccc2)n1-c1ccc(CCCC(=O)O)cc1. The quantitative estimate of drug-likeness (QED) is 0.482. The molecule has 3 heteroatoms. The monoisotopic (exact) mass is 387 g/mol. The minimum atomic E-state index is -0.733. The Labute approximate surface area is 173 Å². The predicted octanol–water partition coefficient (Wildman–Crippen LogP) is 6.09. The van der Waals surface area contributed by atoms with Gasteiger partial charge in [0.15, 0.2) is 0 Å². The van der Waals surface area contributed by atoms with E-state index in [0.29, 0.717) is 6.42 Å². The number of hydrogen-bond donors (Lipinski definition) is 1. The van der Waals surface area contributed by atoms with Gasteiger partial charge in [-0.1, -0.05) is 48.5 Å². The van der Waals surface area contributed by atoms with Gasteiger partial charge in [0.2, 0.25) is 0 Å². The molecule has 0 aliphatic rings. The maximum absolute atomic E-state index is 10.7. The number of rotatable bonds is 9. The maximum Gasteiger partial charge on any atom is 0.303 e. The second-order valence-electron chi connectivity index (χ2n) is 7.42. The Morgan fingerprint density at radius 3 is 2.24 bits per heavy atom. The van der Waals surface area contributed by atoms with Crippen LogP contribution in [0.2, 0.25) is 0 Å². The lowest BCUT2D eigenvalue weighted by molar-refractivity contribution is -0.137. The fourth-order valence-corrected chi connectivity index (χ4v) is 3.61. The van der Waals surface area contributed by atoms with E-state index in [1.54, 1.807) is 0 Å². The summed E-state index contributed by atoms with van der Waals surface area (Å²) in [6.45, 7) is 4.22. The standard InChI is InChI=1S/C26H29NO2/c1-3-20(2)25-19-18-24(15-12-21-8-5-4-6-9-21)27(25)23-16-13-22(14-17-23)10-7-11-26(28)29/h3-6,8-9,13-14,16-19H,7,10-12,15H2,1-2H3,(H,28,29)/b20-3+. The summed E-state index contributed by atoms with van der Waals surface area (Å²) < 4.78 is 2.35. The van der Waals surface area contributed by atoms with Crippen LogP contribution in [-0.2, 0) is 24.1 Å². The van der Waals surface area contributed by atoms with E-state index in [-0.39, 0.29) is 6.42 Å². The average molecular weight is 388 g/mol. The van der Waals surface area contributed by atoms with Gasteiger partial charge in [-0.15, -0.1) is 0 Å². The van der Waals surface area contributed by atoms with E-state index in [9.17, 15) is 4.79 Å². The molecule has 3 aromatic rings. The highest BCUT2D eigenvalue weighted by molar-refractivity contribution is 5.66. The van der Waals surface area contributed by atoms with Gasteiger partial charge < -0.3 is 9.67 Å². The first-order valence-corrected chi connectivity index (χ1v) is 10.3. The molecule has 2 aromatic carbocycles. The van der Waals surface area contributed by atoms with Gasteiger partial charge in [0, 0.05) is 23.5 Å². The summed E-state index contributed by atoms with van der Waals surface area (Å²) in [5.41, 5.74) is 7.44. The van der Waals surface area contributed by atoms with E-state index in [4.69, 9.17) is 5.11 Å². The zero-order valence-electron chi connectivity index (χ0n) is 17.3. The minimum Gasteiger partial charge on any atom is -0.481 e. The van der Waals surface area contributed by atoms with Crippen molar-refractivity contribution in [3.05, 3.63) is 95.3 Å². The van der Waals surface area contributed by atoms with E-state index in [0.717, 1.165) is 24.9 Å².